The number of aliphatic imine (C=N–C) groups is 1. The first-order chi connectivity index (χ1) is 12.6. The van der Waals surface area contributed by atoms with E-state index in [9.17, 15) is 9.60 Å². The average Bonchev–Trinajstić information content (AvgIpc) is 3.10. The molecule has 26 heavy (non-hydrogen) atoms. The quantitative estimate of drug-likeness (QED) is 0.382. The Morgan fingerprint density at radius 1 is 1.19 bits per heavy atom. The molecule has 1 heterocycles. The van der Waals surface area contributed by atoms with Gasteiger partial charge in [-0.1, -0.05) is 28.4 Å². The van der Waals surface area contributed by atoms with Crippen LogP contribution in [-0.4, -0.2) is 21.4 Å². The van der Waals surface area contributed by atoms with E-state index in [4.69, 9.17) is 32.6 Å². The average molecular weight is 397 g/mol. The van der Waals surface area contributed by atoms with Gasteiger partial charge in [0.05, 0.1) is 10.7 Å². The zero-order valence-electron chi connectivity index (χ0n) is 13.0. The van der Waals surface area contributed by atoms with Gasteiger partial charge in [0.15, 0.2) is 17.2 Å². The summed E-state index contributed by atoms with van der Waals surface area (Å²) in [6.07, 6.45) is 0. The molecule has 3 aromatic rings. The third-order valence-corrected chi connectivity index (χ3v) is 3.76. The van der Waals surface area contributed by atoms with Crippen LogP contribution < -0.4 is 10.2 Å². The van der Waals surface area contributed by atoms with E-state index in [0.29, 0.717) is 16.5 Å². The van der Waals surface area contributed by atoms with Crippen molar-refractivity contribution in [1.29, 1.82) is 0 Å². The molecule has 0 saturated heterocycles. The number of nitrogens with one attached hydrogen (secondary N) is 1. The Bertz CT molecular complexity index is 931. The third kappa shape index (κ3) is 4.29. The molecular formula is C16H11Cl2FN4O3. The van der Waals surface area contributed by atoms with E-state index in [0.717, 1.165) is 6.07 Å². The summed E-state index contributed by atoms with van der Waals surface area (Å²) in [4.78, 5) is 4.12. The van der Waals surface area contributed by atoms with Gasteiger partial charge in [0.2, 0.25) is 0 Å². The number of hydroxylamine groups is 1. The van der Waals surface area contributed by atoms with Crippen LogP contribution in [0.1, 0.15) is 11.4 Å². The monoisotopic (exact) mass is 396 g/mol. The summed E-state index contributed by atoms with van der Waals surface area (Å²) in [5.74, 6) is -0.0861. The van der Waals surface area contributed by atoms with Crippen molar-refractivity contribution in [2.75, 3.05) is 0 Å². The first-order valence-electron chi connectivity index (χ1n) is 7.21. The Balaban J connectivity index is 1.81. The number of halogens is 3. The molecule has 0 fully saturated rings. The molecule has 0 aliphatic carbocycles. The molecule has 0 aliphatic heterocycles. The molecule has 134 valence electrons. The largest absolute Gasteiger partial charge is 0.487 e. The number of rotatable bonds is 5. The van der Waals surface area contributed by atoms with Gasteiger partial charge < -0.3 is 4.74 Å². The highest BCUT2D eigenvalue weighted by molar-refractivity contribution is 6.31. The Labute approximate surface area is 156 Å². The van der Waals surface area contributed by atoms with Crippen molar-refractivity contribution in [1.82, 2.24) is 15.8 Å². The molecule has 0 saturated carbocycles. The third-order valence-electron chi connectivity index (χ3n) is 3.22. The molecule has 0 aliphatic rings. The van der Waals surface area contributed by atoms with Crippen LogP contribution in [0.25, 0.3) is 0 Å². The normalized spacial score (nSPS) is 11.5. The summed E-state index contributed by atoms with van der Waals surface area (Å²) in [5.41, 5.74) is 2.62. The van der Waals surface area contributed by atoms with Crippen molar-refractivity contribution in [3.8, 4) is 5.75 Å². The summed E-state index contributed by atoms with van der Waals surface area (Å²) < 4.78 is 23.5. The van der Waals surface area contributed by atoms with Crippen LogP contribution in [0.15, 0.2) is 52.1 Å². The van der Waals surface area contributed by atoms with E-state index >= 15 is 0 Å². The molecule has 0 amide bonds. The van der Waals surface area contributed by atoms with Crippen LogP contribution >= 0.6 is 23.2 Å². The highest BCUT2D eigenvalue weighted by Crippen LogP contribution is 2.22. The number of nitrogens with zero attached hydrogens (tertiary/aromatic N) is 3. The van der Waals surface area contributed by atoms with Crippen molar-refractivity contribution < 1.29 is 19.0 Å². The van der Waals surface area contributed by atoms with E-state index in [-0.39, 0.29) is 28.9 Å². The van der Waals surface area contributed by atoms with Crippen molar-refractivity contribution in [3.63, 3.8) is 0 Å². The highest BCUT2D eigenvalue weighted by Gasteiger charge is 2.17. The summed E-state index contributed by atoms with van der Waals surface area (Å²) in [5, 5.41) is 17.3. The minimum atomic E-state index is -0.579. The van der Waals surface area contributed by atoms with Gasteiger partial charge in [-0.05, 0) is 47.6 Å². The SMILES string of the molecule is ONC(=Nc1ccc(F)c(Cl)c1)c1nonc1COc1ccc(Cl)cc1. The van der Waals surface area contributed by atoms with Crippen LogP contribution in [0.2, 0.25) is 10.0 Å². The van der Waals surface area contributed by atoms with Gasteiger partial charge >= 0.3 is 0 Å². The highest BCUT2D eigenvalue weighted by atomic mass is 35.5. The molecule has 0 spiro atoms. The van der Waals surface area contributed by atoms with Crippen LogP contribution in [0.4, 0.5) is 10.1 Å². The van der Waals surface area contributed by atoms with Gasteiger partial charge in [0.25, 0.3) is 0 Å². The molecule has 10 heteroatoms. The molecule has 3 rings (SSSR count). The molecule has 0 radical (unpaired) electrons. The van der Waals surface area contributed by atoms with Gasteiger partial charge in [-0.25, -0.2) is 14.0 Å². The maximum Gasteiger partial charge on any atom is 0.182 e. The van der Waals surface area contributed by atoms with Gasteiger partial charge in [0, 0.05) is 5.02 Å². The van der Waals surface area contributed by atoms with E-state index in [2.05, 4.69) is 15.3 Å². The fourth-order valence-corrected chi connectivity index (χ4v) is 2.28. The summed E-state index contributed by atoms with van der Waals surface area (Å²) in [6.45, 7) is 0.00530. The molecule has 1 aromatic heterocycles. The Morgan fingerprint density at radius 2 is 1.96 bits per heavy atom. The van der Waals surface area contributed by atoms with Crippen LogP contribution in [0, 0.1) is 5.82 Å². The van der Waals surface area contributed by atoms with E-state index < -0.39 is 5.82 Å². The van der Waals surface area contributed by atoms with Crippen LogP contribution in [0.3, 0.4) is 0 Å². The number of amidine groups is 1. The lowest BCUT2D eigenvalue weighted by molar-refractivity contribution is 0.233. The first kappa shape index (κ1) is 18.1. The van der Waals surface area contributed by atoms with Gasteiger partial charge in [-0.3, -0.25) is 10.7 Å². The van der Waals surface area contributed by atoms with Crippen molar-refractivity contribution >= 4 is 34.7 Å². The van der Waals surface area contributed by atoms with E-state index in [1.165, 1.54) is 12.1 Å². The lowest BCUT2D eigenvalue weighted by Gasteiger charge is -2.06. The zero-order chi connectivity index (χ0) is 18.5. The summed E-state index contributed by atoms with van der Waals surface area (Å²) >= 11 is 11.5. The smallest absolute Gasteiger partial charge is 0.182 e. The maximum absolute atomic E-state index is 13.2. The number of hydrogen-bond acceptors (Lipinski definition) is 6. The van der Waals surface area contributed by atoms with E-state index in [1.54, 1.807) is 24.3 Å². The van der Waals surface area contributed by atoms with Gasteiger partial charge in [0.1, 0.15) is 18.2 Å². The van der Waals surface area contributed by atoms with Gasteiger partial charge in [-0.15, -0.1) is 0 Å². The number of hydrogen-bond donors (Lipinski definition) is 2. The Kier molecular flexibility index (Phi) is 5.67. The minimum absolute atomic E-state index is 0.00530. The van der Waals surface area contributed by atoms with Crippen molar-refractivity contribution in [2.45, 2.75) is 6.61 Å². The molecule has 2 aromatic carbocycles. The molecule has 7 nitrogen and oxygen atoms in total. The zero-order valence-corrected chi connectivity index (χ0v) is 14.5. The predicted molar refractivity (Wildman–Crippen MR) is 92.6 cm³/mol. The lowest BCUT2D eigenvalue weighted by Crippen LogP contribution is -2.22. The number of ether oxygens (including phenoxy) is 1. The molecule has 0 atom stereocenters. The second-order valence-electron chi connectivity index (χ2n) is 4.97. The Hall–Kier alpha value is -2.68. The maximum atomic E-state index is 13.2. The van der Waals surface area contributed by atoms with Crippen molar-refractivity contribution in [3.05, 3.63) is 69.7 Å². The first-order valence-corrected chi connectivity index (χ1v) is 7.96. The summed E-state index contributed by atoms with van der Waals surface area (Å²) in [6, 6.07) is 10.6. The second kappa shape index (κ2) is 8.13. The minimum Gasteiger partial charge on any atom is -0.487 e. The molecular weight excluding hydrogens is 386 g/mol. The molecule has 0 bridgehead atoms. The Morgan fingerprint density at radius 3 is 2.65 bits per heavy atom. The van der Waals surface area contributed by atoms with E-state index in [1.807, 2.05) is 5.48 Å². The predicted octanol–water partition coefficient (Wildman–Crippen LogP) is 4.15. The lowest BCUT2D eigenvalue weighted by atomic mass is 10.3. The van der Waals surface area contributed by atoms with Crippen LogP contribution in [0.5, 0.6) is 5.75 Å². The second-order valence-corrected chi connectivity index (χ2v) is 5.82. The standard InChI is InChI=1S/C16H11Cl2FN4O3/c17-9-1-4-11(5-2-9)25-8-14-15(23-26-22-14)16(21-24)20-10-3-6-13(19)12(18)7-10/h1-7,24H,8H2,(H,20,21). The van der Waals surface area contributed by atoms with Crippen LogP contribution in [-0.2, 0) is 6.61 Å². The fourth-order valence-electron chi connectivity index (χ4n) is 1.98. The summed E-state index contributed by atoms with van der Waals surface area (Å²) in [7, 11) is 0. The van der Waals surface area contributed by atoms with Crippen molar-refractivity contribution in [2.24, 2.45) is 4.99 Å². The topological polar surface area (TPSA) is 92.8 Å². The number of aromatic nitrogens is 2. The van der Waals surface area contributed by atoms with Gasteiger partial charge in [-0.2, -0.15) is 0 Å². The molecule has 0 unspecified atom stereocenters. The number of benzene rings is 2. The molecule has 2 N–H and O–H groups in total. The fraction of sp³-hybridized carbons (Fsp3) is 0.0625.